The number of nitrogens with zero attached hydrogens (tertiary/aromatic N) is 8. The molecule has 1 aliphatic rings. The highest BCUT2D eigenvalue weighted by Gasteiger charge is 2.29. The minimum Gasteiger partial charge on any atom is -0.338 e. The molecule has 3 heterocycles. The largest absolute Gasteiger partial charge is 0.338 e. The Morgan fingerprint density at radius 2 is 1.93 bits per heavy atom. The van der Waals surface area contributed by atoms with Gasteiger partial charge >= 0.3 is 0 Å². The first-order valence-corrected chi connectivity index (χ1v) is 9.65. The van der Waals surface area contributed by atoms with Crippen LogP contribution in [0.15, 0.2) is 42.7 Å². The second-order valence-electron chi connectivity index (χ2n) is 7.11. The second-order valence-corrected chi connectivity index (χ2v) is 7.11. The summed E-state index contributed by atoms with van der Waals surface area (Å²) in [7, 11) is 3.65. The van der Waals surface area contributed by atoms with Gasteiger partial charge in [-0.3, -0.25) is 14.4 Å². The van der Waals surface area contributed by atoms with Crippen LogP contribution in [0.3, 0.4) is 0 Å². The zero-order valence-corrected chi connectivity index (χ0v) is 16.6. The molecule has 152 valence electrons. The fourth-order valence-electron chi connectivity index (χ4n) is 3.60. The van der Waals surface area contributed by atoms with Gasteiger partial charge in [0.2, 0.25) is 5.91 Å². The lowest BCUT2D eigenvalue weighted by molar-refractivity contribution is -0.135. The number of tetrazole rings is 1. The zero-order valence-electron chi connectivity index (χ0n) is 16.6. The van der Waals surface area contributed by atoms with Crippen molar-refractivity contribution in [1.29, 1.82) is 0 Å². The highest BCUT2D eigenvalue weighted by Crippen LogP contribution is 2.17. The van der Waals surface area contributed by atoms with Gasteiger partial charge in [-0.2, -0.15) is 9.78 Å². The molecule has 29 heavy (non-hydrogen) atoms. The maximum Gasteiger partial charge on any atom is 0.244 e. The summed E-state index contributed by atoms with van der Waals surface area (Å²) in [6, 6.07) is 9.48. The number of aromatic nitrogens is 6. The Bertz CT molecular complexity index is 944. The maximum atomic E-state index is 13.0. The van der Waals surface area contributed by atoms with Gasteiger partial charge in [0.15, 0.2) is 5.82 Å². The molecule has 10 heteroatoms. The number of amides is 1. The lowest BCUT2D eigenvalue weighted by atomic mass is 10.1. The van der Waals surface area contributed by atoms with E-state index in [4.69, 9.17) is 0 Å². The Morgan fingerprint density at radius 3 is 2.59 bits per heavy atom. The summed E-state index contributed by atoms with van der Waals surface area (Å²) < 4.78 is 3.47. The van der Waals surface area contributed by atoms with E-state index in [-0.39, 0.29) is 11.9 Å². The molecule has 1 aliphatic heterocycles. The van der Waals surface area contributed by atoms with Gasteiger partial charge in [0, 0.05) is 45.0 Å². The van der Waals surface area contributed by atoms with Crippen molar-refractivity contribution in [1.82, 2.24) is 45.1 Å². The van der Waals surface area contributed by atoms with Crippen LogP contribution in [0.4, 0.5) is 0 Å². The fourth-order valence-corrected chi connectivity index (χ4v) is 3.60. The number of nitrogens with one attached hydrogen (secondary N) is 1. The third kappa shape index (κ3) is 4.17. The molecule has 1 atom stereocenters. The van der Waals surface area contributed by atoms with E-state index in [1.54, 1.807) is 22.6 Å². The predicted molar refractivity (Wildman–Crippen MR) is 106 cm³/mol. The van der Waals surface area contributed by atoms with Crippen LogP contribution in [-0.2, 0) is 18.4 Å². The lowest BCUT2D eigenvalue weighted by Crippen LogP contribution is -2.51. The van der Waals surface area contributed by atoms with Crippen LogP contribution in [0.2, 0.25) is 0 Å². The number of aryl methyl sites for hydroxylation is 1. The van der Waals surface area contributed by atoms with Crippen molar-refractivity contribution in [3.8, 4) is 5.69 Å². The smallest absolute Gasteiger partial charge is 0.244 e. The van der Waals surface area contributed by atoms with E-state index in [9.17, 15) is 4.79 Å². The molecule has 0 aliphatic carbocycles. The minimum atomic E-state index is -0.374. The van der Waals surface area contributed by atoms with Crippen molar-refractivity contribution in [2.45, 2.75) is 12.6 Å². The molecule has 1 N–H and O–H groups in total. The number of piperazine rings is 1. The summed E-state index contributed by atoms with van der Waals surface area (Å²) in [5.74, 6) is 0.869. The third-order valence-corrected chi connectivity index (χ3v) is 5.18. The first kappa shape index (κ1) is 19.2. The highest BCUT2D eigenvalue weighted by atomic mass is 16.2. The van der Waals surface area contributed by atoms with Gasteiger partial charge in [-0.1, -0.05) is 18.2 Å². The van der Waals surface area contributed by atoms with Gasteiger partial charge in [0.1, 0.15) is 6.04 Å². The lowest BCUT2D eigenvalue weighted by Gasteiger charge is -2.36. The Morgan fingerprint density at radius 1 is 1.17 bits per heavy atom. The van der Waals surface area contributed by atoms with E-state index in [1.165, 1.54) is 0 Å². The number of carbonyl (C=O) groups excluding carboxylic acids is 1. The van der Waals surface area contributed by atoms with Crippen LogP contribution in [0, 0.1) is 0 Å². The van der Waals surface area contributed by atoms with Crippen LogP contribution in [0.25, 0.3) is 5.69 Å². The van der Waals surface area contributed by atoms with Crippen LogP contribution >= 0.6 is 0 Å². The molecule has 1 fully saturated rings. The fraction of sp³-hybridized carbons (Fsp3) is 0.421. The van der Waals surface area contributed by atoms with Crippen molar-refractivity contribution in [3.63, 3.8) is 0 Å². The Hall–Kier alpha value is -3.11. The number of hydrogen-bond donors (Lipinski definition) is 1. The van der Waals surface area contributed by atoms with E-state index in [0.717, 1.165) is 30.2 Å². The quantitative estimate of drug-likeness (QED) is 0.627. The summed E-state index contributed by atoms with van der Waals surface area (Å²) in [5, 5.41) is 19.4. The molecule has 2 aromatic heterocycles. The molecular formula is C19H25N9O. The van der Waals surface area contributed by atoms with Crippen LogP contribution < -0.4 is 5.32 Å². The molecule has 1 aromatic carbocycles. The molecular weight excluding hydrogens is 370 g/mol. The number of benzene rings is 1. The first-order valence-electron chi connectivity index (χ1n) is 9.65. The number of carbonyl (C=O) groups is 1. The van der Waals surface area contributed by atoms with Crippen LogP contribution in [0.1, 0.15) is 17.4 Å². The Kier molecular flexibility index (Phi) is 5.63. The first-order chi connectivity index (χ1) is 14.2. The Labute approximate surface area is 169 Å². The predicted octanol–water partition coefficient (Wildman–Crippen LogP) is 0.000700. The van der Waals surface area contributed by atoms with Crippen molar-refractivity contribution in [2.75, 3.05) is 33.2 Å². The van der Waals surface area contributed by atoms with Crippen LogP contribution in [0.5, 0.6) is 0 Å². The van der Waals surface area contributed by atoms with Crippen molar-refractivity contribution < 1.29 is 4.79 Å². The van der Waals surface area contributed by atoms with E-state index < -0.39 is 0 Å². The maximum absolute atomic E-state index is 13.0. The summed E-state index contributed by atoms with van der Waals surface area (Å²) in [6.45, 7) is 3.53. The van der Waals surface area contributed by atoms with E-state index >= 15 is 0 Å². The molecule has 3 aromatic rings. The second kappa shape index (κ2) is 8.50. The molecule has 1 unspecified atom stereocenters. The third-order valence-electron chi connectivity index (χ3n) is 5.18. The average Bonchev–Trinajstić information content (AvgIpc) is 3.39. The minimum absolute atomic E-state index is 0.0780. The number of likely N-dealkylation sites (N-methyl/N-ethyl adjacent to an activating group) is 1. The number of hydrogen-bond acceptors (Lipinski definition) is 7. The SMILES string of the molecule is CNC(C(=O)N1CCN(Cc2nnnn2-c2ccccc2)CC1)c1cnn(C)c1. The number of rotatable bonds is 6. The number of para-hydroxylation sites is 1. The van der Waals surface area contributed by atoms with E-state index in [1.807, 2.05) is 48.5 Å². The molecule has 4 rings (SSSR count). The molecule has 1 saturated heterocycles. The zero-order chi connectivity index (χ0) is 20.2. The van der Waals surface area contributed by atoms with Gasteiger partial charge in [-0.05, 0) is 29.6 Å². The standard InChI is InChI=1S/C19H25N9O/c1-20-18(15-12-21-25(2)13-15)19(29)27-10-8-26(9-11-27)14-17-22-23-24-28(17)16-6-4-3-5-7-16/h3-7,12-13,18,20H,8-11,14H2,1-2H3. The van der Waals surface area contributed by atoms with Crippen molar-refractivity contribution >= 4 is 5.91 Å². The molecule has 0 spiro atoms. The normalized spacial score (nSPS) is 16.1. The van der Waals surface area contributed by atoms with Gasteiger partial charge in [0.05, 0.1) is 18.4 Å². The van der Waals surface area contributed by atoms with Crippen molar-refractivity contribution in [2.24, 2.45) is 7.05 Å². The van der Waals surface area contributed by atoms with Crippen molar-refractivity contribution in [3.05, 3.63) is 54.1 Å². The van der Waals surface area contributed by atoms with Gasteiger partial charge in [0.25, 0.3) is 0 Å². The molecule has 0 bridgehead atoms. The van der Waals surface area contributed by atoms with Crippen LogP contribution in [-0.4, -0.2) is 78.9 Å². The topological polar surface area (TPSA) is 97.0 Å². The van der Waals surface area contributed by atoms with E-state index in [2.05, 4.69) is 30.8 Å². The van der Waals surface area contributed by atoms with Gasteiger partial charge in [-0.25, -0.2) is 0 Å². The van der Waals surface area contributed by atoms with Gasteiger partial charge < -0.3 is 10.2 Å². The summed E-state index contributed by atoms with van der Waals surface area (Å²) >= 11 is 0. The molecule has 10 nitrogen and oxygen atoms in total. The van der Waals surface area contributed by atoms with Gasteiger partial charge in [-0.15, -0.1) is 5.10 Å². The molecule has 0 radical (unpaired) electrons. The summed E-state index contributed by atoms with van der Waals surface area (Å²) in [6.07, 6.45) is 3.61. The molecule has 1 amide bonds. The highest BCUT2D eigenvalue weighted by molar-refractivity contribution is 5.83. The average molecular weight is 395 g/mol. The molecule has 0 saturated carbocycles. The Balaban J connectivity index is 1.37. The summed E-state index contributed by atoms with van der Waals surface area (Å²) in [5.41, 5.74) is 1.82. The monoisotopic (exact) mass is 395 g/mol. The summed E-state index contributed by atoms with van der Waals surface area (Å²) in [4.78, 5) is 17.2. The van der Waals surface area contributed by atoms with E-state index in [0.29, 0.717) is 19.6 Å².